The van der Waals surface area contributed by atoms with Crippen LogP contribution in [0.4, 0.5) is 0 Å². The summed E-state index contributed by atoms with van der Waals surface area (Å²) >= 11 is 5.94. The molecule has 1 amide bonds. The van der Waals surface area contributed by atoms with Gasteiger partial charge in [0, 0.05) is 11.6 Å². The van der Waals surface area contributed by atoms with Crippen molar-refractivity contribution in [3.8, 4) is 5.75 Å². The molecule has 0 saturated carbocycles. The van der Waals surface area contributed by atoms with Gasteiger partial charge in [-0.2, -0.15) is 0 Å². The molecule has 2 aromatic rings. The lowest BCUT2D eigenvalue weighted by Gasteiger charge is -2.11. The molecule has 0 atom stereocenters. The zero-order valence-corrected chi connectivity index (χ0v) is 12.0. The van der Waals surface area contributed by atoms with E-state index in [-0.39, 0.29) is 5.91 Å². The fourth-order valence-corrected chi connectivity index (χ4v) is 1.97. The van der Waals surface area contributed by atoms with Crippen LogP contribution in [0.1, 0.15) is 22.8 Å². The van der Waals surface area contributed by atoms with Crippen LogP contribution < -0.4 is 10.1 Å². The number of ether oxygens (including phenoxy) is 1. The van der Waals surface area contributed by atoms with Crippen LogP contribution >= 0.6 is 11.6 Å². The van der Waals surface area contributed by atoms with E-state index < -0.39 is 0 Å². The summed E-state index contributed by atoms with van der Waals surface area (Å²) in [5.74, 6) is 0.349. The third-order valence-corrected chi connectivity index (χ3v) is 3.00. The second kappa shape index (κ2) is 6.96. The average Bonchev–Trinajstić information content (AvgIpc) is 2.47. The molecule has 0 heterocycles. The number of rotatable bonds is 5. The molecule has 0 fully saturated rings. The van der Waals surface area contributed by atoms with Crippen molar-refractivity contribution in [1.82, 2.24) is 5.32 Å². The number of carbonyl (C=O) groups excluding carboxylic acids is 1. The van der Waals surface area contributed by atoms with Gasteiger partial charge in [0.1, 0.15) is 12.4 Å². The van der Waals surface area contributed by atoms with Gasteiger partial charge in [-0.25, -0.2) is 0 Å². The van der Waals surface area contributed by atoms with E-state index in [9.17, 15) is 4.79 Å². The average molecular weight is 290 g/mol. The van der Waals surface area contributed by atoms with E-state index >= 15 is 0 Å². The molecule has 2 rings (SSSR count). The van der Waals surface area contributed by atoms with Gasteiger partial charge in [-0.05, 0) is 30.7 Å². The first-order chi connectivity index (χ1) is 9.70. The summed E-state index contributed by atoms with van der Waals surface area (Å²) in [6, 6.07) is 14.8. The first-order valence-electron chi connectivity index (χ1n) is 6.45. The van der Waals surface area contributed by atoms with Gasteiger partial charge in [0.15, 0.2) is 0 Å². The molecule has 0 radical (unpaired) electrons. The van der Waals surface area contributed by atoms with Gasteiger partial charge in [0.2, 0.25) is 0 Å². The molecular formula is C16H16ClNO2. The van der Waals surface area contributed by atoms with Crippen molar-refractivity contribution in [2.45, 2.75) is 13.5 Å². The summed E-state index contributed by atoms with van der Waals surface area (Å²) in [7, 11) is 0. The third-order valence-electron chi connectivity index (χ3n) is 2.76. The minimum atomic E-state index is -0.182. The number of nitrogens with one attached hydrogen (secondary N) is 1. The van der Waals surface area contributed by atoms with Crippen LogP contribution in [0.5, 0.6) is 5.75 Å². The van der Waals surface area contributed by atoms with Gasteiger partial charge in [-0.15, -0.1) is 0 Å². The number of amides is 1. The van der Waals surface area contributed by atoms with Gasteiger partial charge in [0.25, 0.3) is 5.91 Å². The van der Waals surface area contributed by atoms with E-state index in [1.807, 2.05) is 37.3 Å². The molecule has 3 nitrogen and oxygen atoms in total. The Morgan fingerprint density at radius 3 is 2.65 bits per heavy atom. The fraction of sp³-hybridized carbons (Fsp3) is 0.188. The Morgan fingerprint density at radius 1 is 1.20 bits per heavy atom. The molecule has 1 N–H and O–H groups in total. The monoisotopic (exact) mass is 289 g/mol. The predicted octanol–water partition coefficient (Wildman–Crippen LogP) is 3.67. The van der Waals surface area contributed by atoms with Crippen molar-refractivity contribution in [2.75, 3.05) is 6.54 Å². The number of halogens is 1. The molecule has 0 aliphatic heterocycles. The first kappa shape index (κ1) is 14.4. The lowest BCUT2D eigenvalue weighted by Crippen LogP contribution is -2.23. The van der Waals surface area contributed by atoms with Gasteiger partial charge < -0.3 is 10.1 Å². The molecule has 0 unspecified atom stereocenters. The van der Waals surface area contributed by atoms with E-state index in [2.05, 4.69) is 5.32 Å². The Balaban J connectivity index is 2.16. The molecule has 0 spiro atoms. The summed E-state index contributed by atoms with van der Waals surface area (Å²) in [6.45, 7) is 2.84. The number of hydrogen-bond donors (Lipinski definition) is 1. The van der Waals surface area contributed by atoms with Crippen LogP contribution in [-0.2, 0) is 6.61 Å². The highest BCUT2D eigenvalue weighted by Gasteiger charge is 2.12. The number of hydrogen-bond acceptors (Lipinski definition) is 2. The molecule has 104 valence electrons. The van der Waals surface area contributed by atoms with Crippen LogP contribution in [-0.4, -0.2) is 12.5 Å². The Kier molecular flexibility index (Phi) is 5.02. The second-order valence-electron chi connectivity index (χ2n) is 4.27. The van der Waals surface area contributed by atoms with E-state index in [0.717, 1.165) is 5.56 Å². The summed E-state index contributed by atoms with van der Waals surface area (Å²) in [5, 5.41) is 3.26. The zero-order chi connectivity index (χ0) is 14.4. The van der Waals surface area contributed by atoms with E-state index in [4.69, 9.17) is 16.3 Å². The SMILES string of the molecule is CCNC(=O)c1cc(Cl)ccc1OCc1ccccc1. The molecule has 0 aliphatic rings. The summed E-state index contributed by atoms with van der Waals surface area (Å²) in [4.78, 5) is 12.0. The molecule has 0 bridgehead atoms. The summed E-state index contributed by atoms with van der Waals surface area (Å²) in [6.07, 6.45) is 0. The van der Waals surface area contributed by atoms with Crippen molar-refractivity contribution in [3.05, 3.63) is 64.7 Å². The van der Waals surface area contributed by atoms with Crippen LogP contribution in [0.2, 0.25) is 5.02 Å². The first-order valence-corrected chi connectivity index (χ1v) is 6.83. The van der Waals surface area contributed by atoms with Crippen LogP contribution in [0.15, 0.2) is 48.5 Å². The zero-order valence-electron chi connectivity index (χ0n) is 11.2. The van der Waals surface area contributed by atoms with Gasteiger partial charge in [0.05, 0.1) is 5.56 Å². The second-order valence-corrected chi connectivity index (χ2v) is 4.71. The maximum Gasteiger partial charge on any atom is 0.255 e. The third kappa shape index (κ3) is 3.75. The topological polar surface area (TPSA) is 38.3 Å². The Hall–Kier alpha value is -2.00. The largest absolute Gasteiger partial charge is 0.488 e. The van der Waals surface area contributed by atoms with E-state index in [0.29, 0.717) is 29.5 Å². The van der Waals surface area contributed by atoms with Crippen molar-refractivity contribution in [3.63, 3.8) is 0 Å². The van der Waals surface area contributed by atoms with Crippen LogP contribution in [0.3, 0.4) is 0 Å². The molecule has 2 aromatic carbocycles. The highest BCUT2D eigenvalue weighted by atomic mass is 35.5. The Labute approximate surface area is 123 Å². The quantitative estimate of drug-likeness (QED) is 0.912. The normalized spacial score (nSPS) is 10.1. The fourth-order valence-electron chi connectivity index (χ4n) is 1.80. The number of carbonyl (C=O) groups is 1. The Morgan fingerprint density at radius 2 is 1.95 bits per heavy atom. The molecule has 0 aromatic heterocycles. The van der Waals surface area contributed by atoms with E-state index in [1.165, 1.54) is 0 Å². The van der Waals surface area contributed by atoms with E-state index in [1.54, 1.807) is 18.2 Å². The number of benzene rings is 2. The van der Waals surface area contributed by atoms with Crippen LogP contribution in [0.25, 0.3) is 0 Å². The van der Waals surface area contributed by atoms with Gasteiger partial charge >= 0.3 is 0 Å². The van der Waals surface area contributed by atoms with Crippen molar-refractivity contribution < 1.29 is 9.53 Å². The van der Waals surface area contributed by atoms with Crippen LogP contribution in [0, 0.1) is 0 Å². The standard InChI is InChI=1S/C16H16ClNO2/c1-2-18-16(19)14-10-13(17)8-9-15(14)20-11-12-6-4-3-5-7-12/h3-10H,2,11H2,1H3,(H,18,19). The van der Waals surface area contributed by atoms with Gasteiger partial charge in [-0.3, -0.25) is 4.79 Å². The summed E-state index contributed by atoms with van der Waals surface area (Å²) in [5.41, 5.74) is 1.50. The Bertz CT molecular complexity index is 584. The predicted molar refractivity (Wildman–Crippen MR) is 80.2 cm³/mol. The maximum absolute atomic E-state index is 12.0. The highest BCUT2D eigenvalue weighted by molar-refractivity contribution is 6.31. The molecular weight excluding hydrogens is 274 g/mol. The smallest absolute Gasteiger partial charge is 0.255 e. The molecule has 4 heteroatoms. The molecule has 0 saturated heterocycles. The lowest BCUT2D eigenvalue weighted by molar-refractivity contribution is 0.0951. The van der Waals surface area contributed by atoms with Crippen molar-refractivity contribution in [2.24, 2.45) is 0 Å². The maximum atomic E-state index is 12.0. The highest BCUT2D eigenvalue weighted by Crippen LogP contribution is 2.23. The minimum absolute atomic E-state index is 0.182. The minimum Gasteiger partial charge on any atom is -0.488 e. The molecule has 20 heavy (non-hydrogen) atoms. The summed E-state index contributed by atoms with van der Waals surface area (Å²) < 4.78 is 5.73. The molecule has 0 aliphatic carbocycles. The lowest BCUT2D eigenvalue weighted by atomic mass is 10.2. The van der Waals surface area contributed by atoms with Gasteiger partial charge in [-0.1, -0.05) is 41.9 Å². The van der Waals surface area contributed by atoms with Crippen molar-refractivity contribution in [1.29, 1.82) is 0 Å². The van der Waals surface area contributed by atoms with Crippen molar-refractivity contribution >= 4 is 17.5 Å².